The monoisotopic (exact) mass is 275 g/mol. The number of aliphatic hydroxyl groups is 1. The van der Waals surface area contributed by atoms with Crippen molar-refractivity contribution in [1.82, 2.24) is 9.88 Å². The zero-order valence-electron chi connectivity index (χ0n) is 12.3. The van der Waals surface area contributed by atoms with E-state index in [2.05, 4.69) is 4.98 Å². The molecule has 1 aromatic carbocycles. The van der Waals surface area contributed by atoms with Gasteiger partial charge in [-0.05, 0) is 39.1 Å². The SMILES string of the molecule is Cc1cccc2nc(N3CCC(O)(CN(C)C)C3)oc12. The molecular formula is C15H21N3O2. The smallest absolute Gasteiger partial charge is 0.298 e. The number of anilines is 1. The number of benzene rings is 1. The molecule has 5 heteroatoms. The second kappa shape index (κ2) is 4.75. The van der Waals surface area contributed by atoms with Crippen LogP contribution in [0.2, 0.25) is 0 Å². The summed E-state index contributed by atoms with van der Waals surface area (Å²) in [6.07, 6.45) is 0.739. The first-order chi connectivity index (χ1) is 9.47. The Balaban J connectivity index is 1.84. The fourth-order valence-corrected chi connectivity index (χ4v) is 2.95. The molecule has 1 aromatic heterocycles. The van der Waals surface area contributed by atoms with Gasteiger partial charge in [-0.3, -0.25) is 0 Å². The number of hydrogen-bond acceptors (Lipinski definition) is 5. The van der Waals surface area contributed by atoms with Crippen LogP contribution in [0.15, 0.2) is 22.6 Å². The molecule has 2 heterocycles. The molecule has 1 aliphatic heterocycles. The van der Waals surface area contributed by atoms with Crippen molar-refractivity contribution in [1.29, 1.82) is 0 Å². The molecule has 5 nitrogen and oxygen atoms in total. The van der Waals surface area contributed by atoms with E-state index in [-0.39, 0.29) is 0 Å². The van der Waals surface area contributed by atoms with Crippen LogP contribution in [-0.4, -0.2) is 54.3 Å². The highest BCUT2D eigenvalue weighted by Crippen LogP contribution is 2.30. The van der Waals surface area contributed by atoms with Crippen molar-refractivity contribution in [3.63, 3.8) is 0 Å². The fourth-order valence-electron chi connectivity index (χ4n) is 2.95. The molecule has 1 N–H and O–H groups in total. The number of para-hydroxylation sites is 1. The Bertz CT molecular complexity index is 623. The van der Waals surface area contributed by atoms with Crippen LogP contribution in [0.4, 0.5) is 6.01 Å². The molecule has 20 heavy (non-hydrogen) atoms. The van der Waals surface area contributed by atoms with Gasteiger partial charge in [0.25, 0.3) is 6.01 Å². The van der Waals surface area contributed by atoms with Crippen molar-refractivity contribution in [2.75, 3.05) is 38.6 Å². The highest BCUT2D eigenvalue weighted by atomic mass is 16.4. The zero-order valence-corrected chi connectivity index (χ0v) is 12.3. The van der Waals surface area contributed by atoms with E-state index in [1.165, 1.54) is 0 Å². The lowest BCUT2D eigenvalue weighted by Gasteiger charge is -2.26. The van der Waals surface area contributed by atoms with Gasteiger partial charge >= 0.3 is 0 Å². The van der Waals surface area contributed by atoms with E-state index in [1.54, 1.807) is 0 Å². The maximum atomic E-state index is 10.6. The summed E-state index contributed by atoms with van der Waals surface area (Å²) in [6.45, 7) is 4.01. The van der Waals surface area contributed by atoms with Gasteiger partial charge in [0.2, 0.25) is 0 Å². The molecule has 108 valence electrons. The number of β-amino-alcohol motifs (C(OH)–C–C–N with tert-alkyl or cyclic N) is 1. The Hall–Kier alpha value is -1.59. The van der Waals surface area contributed by atoms with E-state index in [1.807, 2.05) is 49.0 Å². The molecule has 0 radical (unpaired) electrons. The van der Waals surface area contributed by atoms with Gasteiger partial charge in [0.1, 0.15) is 5.52 Å². The van der Waals surface area contributed by atoms with Gasteiger partial charge in [-0.1, -0.05) is 12.1 Å². The second-order valence-electron chi connectivity index (χ2n) is 6.05. The molecule has 3 rings (SSSR count). The summed E-state index contributed by atoms with van der Waals surface area (Å²) >= 11 is 0. The normalized spacial score (nSPS) is 23.1. The average molecular weight is 275 g/mol. The van der Waals surface area contributed by atoms with Gasteiger partial charge in [-0.25, -0.2) is 0 Å². The van der Waals surface area contributed by atoms with Crippen LogP contribution in [0.25, 0.3) is 11.1 Å². The van der Waals surface area contributed by atoms with Gasteiger partial charge in [0, 0.05) is 13.1 Å². The van der Waals surface area contributed by atoms with Crippen LogP contribution in [0.1, 0.15) is 12.0 Å². The van der Waals surface area contributed by atoms with Crippen molar-refractivity contribution >= 4 is 17.1 Å². The van der Waals surface area contributed by atoms with Crippen molar-refractivity contribution < 1.29 is 9.52 Å². The highest BCUT2D eigenvalue weighted by molar-refractivity contribution is 5.77. The summed E-state index contributed by atoms with van der Waals surface area (Å²) in [5.41, 5.74) is 2.12. The van der Waals surface area contributed by atoms with Crippen LogP contribution in [0.5, 0.6) is 0 Å². The molecule has 0 bridgehead atoms. The highest BCUT2D eigenvalue weighted by Gasteiger charge is 2.38. The van der Waals surface area contributed by atoms with E-state index < -0.39 is 5.60 Å². The first-order valence-corrected chi connectivity index (χ1v) is 6.95. The minimum atomic E-state index is -0.681. The summed E-state index contributed by atoms with van der Waals surface area (Å²) in [7, 11) is 3.95. The molecule has 1 atom stereocenters. The van der Waals surface area contributed by atoms with E-state index in [4.69, 9.17) is 4.42 Å². The van der Waals surface area contributed by atoms with Gasteiger partial charge in [0.15, 0.2) is 5.58 Å². The Morgan fingerprint density at radius 3 is 2.95 bits per heavy atom. The molecule has 1 saturated heterocycles. The first-order valence-electron chi connectivity index (χ1n) is 6.95. The maximum Gasteiger partial charge on any atom is 0.298 e. The van der Waals surface area contributed by atoms with Crippen molar-refractivity contribution in [3.8, 4) is 0 Å². The summed E-state index contributed by atoms with van der Waals surface area (Å²) < 4.78 is 5.87. The molecule has 0 amide bonds. The third kappa shape index (κ3) is 2.39. The third-order valence-electron chi connectivity index (χ3n) is 3.81. The molecule has 0 saturated carbocycles. The van der Waals surface area contributed by atoms with Gasteiger partial charge in [0.05, 0.1) is 12.1 Å². The Labute approximate surface area is 118 Å². The van der Waals surface area contributed by atoms with Gasteiger partial charge in [-0.2, -0.15) is 4.98 Å². The largest absolute Gasteiger partial charge is 0.423 e. The number of hydrogen-bond donors (Lipinski definition) is 1. The predicted molar refractivity (Wildman–Crippen MR) is 79.1 cm³/mol. The molecule has 1 unspecified atom stereocenters. The summed E-state index contributed by atoms with van der Waals surface area (Å²) in [5, 5.41) is 10.6. The number of aromatic nitrogens is 1. The first kappa shape index (κ1) is 13.4. The molecule has 0 aliphatic carbocycles. The number of likely N-dealkylation sites (N-methyl/N-ethyl adjacent to an activating group) is 1. The summed E-state index contributed by atoms with van der Waals surface area (Å²) in [6, 6.07) is 6.57. The van der Waals surface area contributed by atoms with Crippen molar-refractivity contribution in [3.05, 3.63) is 23.8 Å². The van der Waals surface area contributed by atoms with Crippen LogP contribution in [0, 0.1) is 6.92 Å². The van der Waals surface area contributed by atoms with E-state index in [9.17, 15) is 5.11 Å². The molecule has 0 spiro atoms. The maximum absolute atomic E-state index is 10.6. The Morgan fingerprint density at radius 2 is 2.25 bits per heavy atom. The van der Waals surface area contributed by atoms with E-state index >= 15 is 0 Å². The zero-order chi connectivity index (χ0) is 14.3. The van der Waals surface area contributed by atoms with E-state index in [0.29, 0.717) is 19.1 Å². The lowest BCUT2D eigenvalue weighted by molar-refractivity contribution is 0.0364. The standard InChI is InChI=1S/C15H21N3O2/c1-11-5-4-6-12-13(11)20-14(16-12)18-8-7-15(19,10-18)9-17(2)3/h4-6,19H,7-10H2,1-3H3. The number of aryl methyl sites for hydroxylation is 1. The topological polar surface area (TPSA) is 52.7 Å². The minimum Gasteiger partial charge on any atom is -0.423 e. The van der Waals surface area contributed by atoms with Crippen LogP contribution in [-0.2, 0) is 0 Å². The Morgan fingerprint density at radius 1 is 1.45 bits per heavy atom. The van der Waals surface area contributed by atoms with Crippen LogP contribution in [0.3, 0.4) is 0 Å². The molecule has 1 fully saturated rings. The molecule has 1 aliphatic rings. The summed E-state index contributed by atoms with van der Waals surface area (Å²) in [5.74, 6) is 0. The van der Waals surface area contributed by atoms with Crippen LogP contribution < -0.4 is 4.90 Å². The average Bonchev–Trinajstić information content (AvgIpc) is 2.93. The second-order valence-corrected chi connectivity index (χ2v) is 6.05. The van der Waals surface area contributed by atoms with Crippen molar-refractivity contribution in [2.45, 2.75) is 18.9 Å². The molecule has 2 aromatic rings. The third-order valence-corrected chi connectivity index (χ3v) is 3.81. The molecular weight excluding hydrogens is 254 g/mol. The number of nitrogens with zero attached hydrogens (tertiary/aromatic N) is 3. The van der Waals surface area contributed by atoms with Crippen molar-refractivity contribution in [2.24, 2.45) is 0 Å². The van der Waals surface area contributed by atoms with Crippen LogP contribution >= 0.6 is 0 Å². The van der Waals surface area contributed by atoms with Gasteiger partial charge < -0.3 is 19.3 Å². The lowest BCUT2D eigenvalue weighted by Crippen LogP contribution is -2.42. The van der Waals surface area contributed by atoms with E-state index in [0.717, 1.165) is 29.6 Å². The van der Waals surface area contributed by atoms with Gasteiger partial charge in [-0.15, -0.1) is 0 Å². The quantitative estimate of drug-likeness (QED) is 0.923. The Kier molecular flexibility index (Phi) is 3.18. The number of fused-ring (bicyclic) bond motifs is 1. The minimum absolute atomic E-state index is 0.567. The number of oxazole rings is 1. The predicted octanol–water partition coefficient (Wildman–Crippen LogP) is 1.64. The fraction of sp³-hybridized carbons (Fsp3) is 0.533. The lowest BCUT2D eigenvalue weighted by atomic mass is 10.0. The number of rotatable bonds is 3. The summed E-state index contributed by atoms with van der Waals surface area (Å²) in [4.78, 5) is 8.58.